The molecule has 1 fully saturated rings. The number of carbonyl (C=O) groups is 3. The number of nitrogens with one attached hydrogen (secondary N) is 2. The van der Waals surface area contributed by atoms with Crippen LogP contribution in [-0.2, 0) is 21.7 Å². The number of anilines is 1. The molecule has 1 atom stereocenters. The molecule has 0 aliphatic carbocycles. The highest BCUT2D eigenvalue weighted by molar-refractivity contribution is 6.10. The van der Waals surface area contributed by atoms with Gasteiger partial charge in [-0.05, 0) is 36.8 Å². The Bertz CT molecular complexity index is 1130. The van der Waals surface area contributed by atoms with E-state index >= 15 is 0 Å². The first-order valence-electron chi connectivity index (χ1n) is 9.48. The first-order valence-corrected chi connectivity index (χ1v) is 9.48. The molecule has 2 aromatic heterocycles. The maximum absolute atomic E-state index is 13.2. The minimum Gasteiger partial charge on any atom is -0.319 e. The van der Waals surface area contributed by atoms with Gasteiger partial charge in [-0.25, -0.2) is 9.18 Å². The van der Waals surface area contributed by atoms with E-state index in [-0.39, 0.29) is 5.82 Å². The fourth-order valence-corrected chi connectivity index (χ4v) is 3.32. The Morgan fingerprint density at radius 1 is 1.16 bits per heavy atom. The van der Waals surface area contributed by atoms with Gasteiger partial charge < -0.3 is 10.6 Å². The largest absolute Gasteiger partial charge is 0.325 e. The van der Waals surface area contributed by atoms with Crippen molar-refractivity contribution in [1.29, 1.82) is 0 Å². The highest BCUT2D eigenvalue weighted by Crippen LogP contribution is 2.28. The van der Waals surface area contributed by atoms with Gasteiger partial charge in [0.05, 0.1) is 12.2 Å². The number of amides is 4. The Morgan fingerprint density at radius 2 is 1.94 bits per heavy atom. The molecule has 2 N–H and O–H groups in total. The topological polar surface area (TPSA) is 109 Å². The Labute approximate surface area is 176 Å². The van der Waals surface area contributed by atoms with Gasteiger partial charge in [-0.1, -0.05) is 18.2 Å². The van der Waals surface area contributed by atoms with Gasteiger partial charge in [-0.2, -0.15) is 5.10 Å². The smallest absolute Gasteiger partial charge is 0.319 e. The van der Waals surface area contributed by atoms with Gasteiger partial charge in [0.2, 0.25) is 5.91 Å². The van der Waals surface area contributed by atoms with Crippen LogP contribution in [0.5, 0.6) is 0 Å². The predicted molar refractivity (Wildman–Crippen MR) is 108 cm³/mol. The maximum Gasteiger partial charge on any atom is 0.325 e. The van der Waals surface area contributed by atoms with Crippen molar-refractivity contribution >= 4 is 23.7 Å². The summed E-state index contributed by atoms with van der Waals surface area (Å²) >= 11 is 0. The average Bonchev–Trinajstić information content (AvgIpc) is 3.27. The number of aromatic nitrogens is 3. The summed E-state index contributed by atoms with van der Waals surface area (Å²) in [7, 11) is 0. The van der Waals surface area contributed by atoms with E-state index < -0.39 is 35.7 Å². The van der Waals surface area contributed by atoms with Gasteiger partial charge in [0.1, 0.15) is 17.9 Å². The molecule has 3 heterocycles. The first-order chi connectivity index (χ1) is 14.8. The molecule has 158 valence electrons. The summed E-state index contributed by atoms with van der Waals surface area (Å²) in [6.07, 6.45) is 3.36. The van der Waals surface area contributed by atoms with Crippen molar-refractivity contribution in [2.24, 2.45) is 0 Å². The zero-order valence-electron chi connectivity index (χ0n) is 16.6. The lowest BCUT2D eigenvalue weighted by molar-refractivity contribution is -0.133. The molecule has 0 radical (unpaired) electrons. The van der Waals surface area contributed by atoms with Crippen molar-refractivity contribution in [3.63, 3.8) is 0 Å². The Kier molecular flexibility index (Phi) is 5.20. The van der Waals surface area contributed by atoms with Gasteiger partial charge in [0.15, 0.2) is 5.82 Å². The van der Waals surface area contributed by atoms with Crippen LogP contribution < -0.4 is 10.6 Å². The van der Waals surface area contributed by atoms with E-state index in [1.807, 2.05) is 18.2 Å². The van der Waals surface area contributed by atoms with Crippen LogP contribution >= 0.6 is 0 Å². The third-order valence-corrected chi connectivity index (χ3v) is 4.96. The molecule has 1 unspecified atom stereocenters. The van der Waals surface area contributed by atoms with Crippen LogP contribution in [0.3, 0.4) is 0 Å². The second kappa shape index (κ2) is 7.98. The van der Waals surface area contributed by atoms with E-state index in [1.54, 1.807) is 23.1 Å². The molecule has 9 nitrogen and oxygen atoms in total. The van der Waals surface area contributed by atoms with Crippen LogP contribution in [0.25, 0.3) is 0 Å². The van der Waals surface area contributed by atoms with E-state index in [0.717, 1.165) is 10.6 Å². The summed E-state index contributed by atoms with van der Waals surface area (Å²) in [5.74, 6) is -1.34. The van der Waals surface area contributed by atoms with Crippen LogP contribution in [0, 0.1) is 5.82 Å². The Balaban J connectivity index is 1.40. The zero-order valence-corrected chi connectivity index (χ0v) is 16.6. The molecule has 1 aliphatic rings. The highest BCUT2D eigenvalue weighted by Gasteiger charge is 2.49. The fourth-order valence-electron chi connectivity index (χ4n) is 3.32. The van der Waals surface area contributed by atoms with E-state index in [0.29, 0.717) is 12.1 Å². The van der Waals surface area contributed by atoms with Crippen molar-refractivity contribution in [3.8, 4) is 0 Å². The molecule has 1 aliphatic heterocycles. The molecule has 31 heavy (non-hydrogen) atoms. The van der Waals surface area contributed by atoms with Gasteiger partial charge in [0.25, 0.3) is 5.91 Å². The van der Waals surface area contributed by atoms with Gasteiger partial charge in [-0.15, -0.1) is 0 Å². The van der Waals surface area contributed by atoms with E-state index in [1.165, 1.54) is 31.2 Å². The lowest BCUT2D eigenvalue weighted by Crippen LogP contribution is -2.42. The van der Waals surface area contributed by atoms with Crippen LogP contribution in [0.4, 0.5) is 15.0 Å². The summed E-state index contributed by atoms with van der Waals surface area (Å²) in [4.78, 5) is 42.7. The summed E-state index contributed by atoms with van der Waals surface area (Å²) in [5, 5.41) is 9.40. The summed E-state index contributed by atoms with van der Waals surface area (Å²) in [6.45, 7) is 1.46. The minimum atomic E-state index is -1.38. The quantitative estimate of drug-likeness (QED) is 0.590. The van der Waals surface area contributed by atoms with Crippen LogP contribution in [-0.4, -0.2) is 44.1 Å². The van der Waals surface area contributed by atoms with Crippen molar-refractivity contribution < 1.29 is 18.8 Å². The summed E-state index contributed by atoms with van der Waals surface area (Å²) in [5.41, 5.74) is -0.152. The van der Waals surface area contributed by atoms with Gasteiger partial charge in [-0.3, -0.25) is 24.2 Å². The zero-order chi connectivity index (χ0) is 22.0. The van der Waals surface area contributed by atoms with E-state index in [2.05, 4.69) is 20.7 Å². The molecular weight excluding hydrogens is 403 g/mol. The van der Waals surface area contributed by atoms with Crippen LogP contribution in [0.1, 0.15) is 18.2 Å². The molecule has 4 rings (SSSR count). The van der Waals surface area contributed by atoms with Crippen LogP contribution in [0.15, 0.2) is 60.9 Å². The van der Waals surface area contributed by atoms with E-state index in [9.17, 15) is 18.8 Å². The van der Waals surface area contributed by atoms with Gasteiger partial charge >= 0.3 is 6.03 Å². The molecule has 1 aromatic carbocycles. The molecule has 3 aromatic rings. The number of urea groups is 1. The second-order valence-electron chi connectivity index (χ2n) is 7.22. The number of halogens is 1. The summed E-state index contributed by atoms with van der Waals surface area (Å²) in [6, 6.07) is 11.7. The van der Waals surface area contributed by atoms with Gasteiger partial charge in [0, 0.05) is 18.5 Å². The maximum atomic E-state index is 13.2. The number of imide groups is 1. The second-order valence-corrected chi connectivity index (χ2v) is 7.22. The lowest BCUT2D eigenvalue weighted by atomic mass is 9.92. The molecule has 1 saturated heterocycles. The highest BCUT2D eigenvalue weighted by atomic mass is 19.1. The SMILES string of the molecule is CC1(c2ccc(F)cc2)NC(=O)N(CC(=O)Nc2ccn(Cc3ccccn3)n2)C1=O. The Hall–Kier alpha value is -4.08. The van der Waals surface area contributed by atoms with Crippen molar-refractivity contribution in [2.45, 2.75) is 19.0 Å². The number of pyridine rings is 1. The first kappa shape index (κ1) is 20.2. The number of carbonyl (C=O) groups excluding carboxylic acids is 3. The van der Waals surface area contributed by atoms with E-state index in [4.69, 9.17) is 0 Å². The molecule has 0 bridgehead atoms. The number of nitrogens with zero attached hydrogens (tertiary/aromatic N) is 4. The molecule has 0 saturated carbocycles. The fraction of sp³-hybridized carbons (Fsp3) is 0.190. The Morgan fingerprint density at radius 3 is 2.65 bits per heavy atom. The lowest BCUT2D eigenvalue weighted by Gasteiger charge is -2.22. The standard InChI is InChI=1S/C21H19FN6O3/c1-21(14-5-7-15(22)8-6-14)19(30)28(20(31)25-21)13-18(29)24-17-9-11-27(26-17)12-16-4-2-3-10-23-16/h2-11H,12-13H2,1H3,(H,25,31)(H,24,26,29). The average molecular weight is 422 g/mol. The number of hydrogen-bond acceptors (Lipinski definition) is 5. The molecule has 10 heteroatoms. The van der Waals surface area contributed by atoms with Crippen molar-refractivity contribution in [2.75, 3.05) is 11.9 Å². The van der Waals surface area contributed by atoms with Crippen molar-refractivity contribution in [3.05, 3.63) is 78.0 Å². The molecule has 4 amide bonds. The predicted octanol–water partition coefficient (Wildman–Crippen LogP) is 1.87. The third kappa shape index (κ3) is 4.13. The number of hydrogen-bond donors (Lipinski definition) is 2. The van der Waals surface area contributed by atoms with Crippen molar-refractivity contribution in [1.82, 2.24) is 25.0 Å². The molecule has 0 spiro atoms. The normalized spacial score (nSPS) is 18.2. The van der Waals surface area contributed by atoms with Crippen LogP contribution in [0.2, 0.25) is 0 Å². The third-order valence-electron chi connectivity index (χ3n) is 4.96. The summed E-state index contributed by atoms with van der Waals surface area (Å²) < 4.78 is 14.8. The minimum absolute atomic E-state index is 0.286. The number of rotatable bonds is 6. The number of benzene rings is 1. The monoisotopic (exact) mass is 422 g/mol. The molecular formula is C21H19FN6O3.